The number of rotatable bonds is 4. The van der Waals surface area contributed by atoms with Crippen molar-refractivity contribution in [2.75, 3.05) is 7.11 Å². The van der Waals surface area contributed by atoms with Crippen LogP contribution in [0.3, 0.4) is 0 Å². The summed E-state index contributed by atoms with van der Waals surface area (Å²) in [5.41, 5.74) is 1.36. The van der Waals surface area contributed by atoms with Gasteiger partial charge in [0.05, 0.1) is 13.0 Å². The van der Waals surface area contributed by atoms with E-state index in [-0.39, 0.29) is 28.8 Å². The number of hydrogen-bond acceptors (Lipinski definition) is 3. The predicted octanol–water partition coefficient (Wildman–Crippen LogP) is 5.71. The Kier molecular flexibility index (Phi) is 4.25. The molecule has 4 rings (SSSR count). The molecular formula is C24H30O3. The minimum absolute atomic E-state index is 0.0471. The summed E-state index contributed by atoms with van der Waals surface area (Å²) < 4.78 is 11.4. The van der Waals surface area contributed by atoms with Gasteiger partial charge in [0, 0.05) is 5.41 Å². The normalized spacial score (nSPS) is 29.7. The van der Waals surface area contributed by atoms with Crippen LogP contribution in [0.25, 0.3) is 10.8 Å². The zero-order chi connectivity index (χ0) is 19.4. The summed E-state index contributed by atoms with van der Waals surface area (Å²) in [5.74, 6) is 1.15. The molecule has 3 heteroatoms. The molecule has 2 aliphatic rings. The van der Waals surface area contributed by atoms with E-state index in [1.54, 1.807) is 7.11 Å². The molecule has 0 N–H and O–H groups in total. The van der Waals surface area contributed by atoms with Gasteiger partial charge in [-0.05, 0) is 66.0 Å². The van der Waals surface area contributed by atoms with Crippen LogP contribution in [0.4, 0.5) is 0 Å². The Balaban J connectivity index is 1.52. The average Bonchev–Trinajstić information content (AvgIpc) is 3.00. The summed E-state index contributed by atoms with van der Waals surface area (Å²) in [4.78, 5) is 12.9. The fourth-order valence-electron chi connectivity index (χ4n) is 5.33. The Bertz CT molecular complexity index is 884. The largest absolute Gasteiger partial charge is 0.497 e. The Morgan fingerprint density at radius 1 is 1.11 bits per heavy atom. The highest BCUT2D eigenvalue weighted by molar-refractivity contribution is 5.86. The monoisotopic (exact) mass is 366 g/mol. The molecule has 0 aliphatic heterocycles. The van der Waals surface area contributed by atoms with E-state index in [2.05, 4.69) is 32.9 Å². The van der Waals surface area contributed by atoms with Crippen molar-refractivity contribution in [3.05, 3.63) is 42.0 Å². The molecule has 4 atom stereocenters. The second-order valence-corrected chi connectivity index (χ2v) is 9.23. The lowest BCUT2D eigenvalue weighted by molar-refractivity contribution is -0.158. The van der Waals surface area contributed by atoms with E-state index in [1.807, 2.05) is 31.2 Å². The summed E-state index contributed by atoms with van der Waals surface area (Å²) in [6, 6.07) is 12.2. The highest BCUT2D eigenvalue weighted by Crippen LogP contribution is 2.66. The first-order valence-electron chi connectivity index (χ1n) is 10.0. The van der Waals surface area contributed by atoms with Gasteiger partial charge >= 0.3 is 5.97 Å². The third-order valence-electron chi connectivity index (χ3n) is 7.90. The van der Waals surface area contributed by atoms with Gasteiger partial charge in [0.25, 0.3) is 0 Å². The lowest BCUT2D eigenvalue weighted by Crippen LogP contribution is -2.39. The van der Waals surface area contributed by atoms with Crippen LogP contribution in [0.5, 0.6) is 5.75 Å². The van der Waals surface area contributed by atoms with Crippen LogP contribution in [0, 0.1) is 16.7 Å². The Morgan fingerprint density at radius 2 is 1.81 bits per heavy atom. The van der Waals surface area contributed by atoms with Crippen molar-refractivity contribution in [3.63, 3.8) is 0 Å². The maximum atomic E-state index is 12.9. The Labute approximate surface area is 162 Å². The molecule has 3 unspecified atom stereocenters. The van der Waals surface area contributed by atoms with Gasteiger partial charge in [-0.3, -0.25) is 4.79 Å². The van der Waals surface area contributed by atoms with E-state index in [1.165, 1.54) is 6.42 Å². The fraction of sp³-hybridized carbons (Fsp3) is 0.542. The summed E-state index contributed by atoms with van der Waals surface area (Å²) >= 11 is 0. The van der Waals surface area contributed by atoms with Crippen molar-refractivity contribution in [2.45, 2.75) is 59.0 Å². The smallest absolute Gasteiger partial charge is 0.313 e. The number of hydrogen-bond donors (Lipinski definition) is 0. The fourth-order valence-corrected chi connectivity index (χ4v) is 5.33. The quantitative estimate of drug-likeness (QED) is 0.650. The maximum absolute atomic E-state index is 12.9. The number of methoxy groups -OCH3 is 1. The van der Waals surface area contributed by atoms with Crippen molar-refractivity contribution in [1.82, 2.24) is 0 Å². The molecule has 2 saturated carbocycles. The first-order valence-corrected chi connectivity index (χ1v) is 10.0. The molecule has 2 bridgehead atoms. The minimum atomic E-state index is -0.262. The van der Waals surface area contributed by atoms with Crippen LogP contribution in [-0.2, 0) is 9.53 Å². The predicted molar refractivity (Wildman–Crippen MR) is 108 cm³/mol. The van der Waals surface area contributed by atoms with Gasteiger partial charge in [-0.1, -0.05) is 45.0 Å². The summed E-state index contributed by atoms with van der Waals surface area (Å²) in [6.07, 6.45) is 3.49. The lowest BCUT2D eigenvalue weighted by Gasteiger charge is -2.38. The van der Waals surface area contributed by atoms with E-state index >= 15 is 0 Å². The minimum Gasteiger partial charge on any atom is -0.497 e. The van der Waals surface area contributed by atoms with Gasteiger partial charge in [0.2, 0.25) is 0 Å². The van der Waals surface area contributed by atoms with Gasteiger partial charge in [-0.2, -0.15) is 0 Å². The maximum Gasteiger partial charge on any atom is 0.313 e. The van der Waals surface area contributed by atoms with Crippen molar-refractivity contribution in [2.24, 2.45) is 16.7 Å². The van der Waals surface area contributed by atoms with Gasteiger partial charge < -0.3 is 9.47 Å². The molecule has 0 radical (unpaired) electrons. The third kappa shape index (κ3) is 2.74. The zero-order valence-corrected chi connectivity index (χ0v) is 17.0. The van der Waals surface area contributed by atoms with Gasteiger partial charge in [0.1, 0.15) is 11.9 Å². The van der Waals surface area contributed by atoms with E-state index in [0.29, 0.717) is 5.92 Å². The van der Waals surface area contributed by atoms with Crippen molar-refractivity contribution in [1.29, 1.82) is 0 Å². The molecular weight excluding hydrogens is 336 g/mol. The molecule has 0 spiro atoms. The molecule has 0 saturated heterocycles. The molecule has 27 heavy (non-hydrogen) atoms. The molecule has 2 fully saturated rings. The van der Waals surface area contributed by atoms with Gasteiger partial charge in [0.15, 0.2) is 0 Å². The highest BCUT2D eigenvalue weighted by atomic mass is 16.5. The lowest BCUT2D eigenvalue weighted by atomic mass is 9.70. The van der Waals surface area contributed by atoms with E-state index in [4.69, 9.17) is 9.47 Å². The number of carbonyl (C=O) groups is 1. The second kappa shape index (κ2) is 6.25. The van der Waals surface area contributed by atoms with Crippen LogP contribution in [0.2, 0.25) is 0 Å². The van der Waals surface area contributed by atoms with Crippen LogP contribution >= 0.6 is 0 Å². The number of fused-ring (bicyclic) bond motifs is 3. The molecule has 2 aromatic rings. The molecule has 2 aliphatic carbocycles. The highest BCUT2D eigenvalue weighted by Gasteiger charge is 2.62. The molecule has 2 aromatic carbocycles. The van der Waals surface area contributed by atoms with E-state index in [0.717, 1.165) is 34.9 Å². The third-order valence-corrected chi connectivity index (χ3v) is 7.90. The second-order valence-electron chi connectivity index (χ2n) is 9.23. The first kappa shape index (κ1) is 18.3. The topological polar surface area (TPSA) is 35.5 Å². The van der Waals surface area contributed by atoms with Gasteiger partial charge in [-0.15, -0.1) is 0 Å². The van der Waals surface area contributed by atoms with Crippen molar-refractivity contribution >= 4 is 16.7 Å². The molecule has 0 aromatic heterocycles. The molecule has 0 amide bonds. The van der Waals surface area contributed by atoms with Crippen LogP contribution in [0.1, 0.15) is 58.4 Å². The number of esters is 1. The summed E-state index contributed by atoms with van der Waals surface area (Å²) in [6.45, 7) is 8.96. The zero-order valence-electron chi connectivity index (χ0n) is 17.0. The Morgan fingerprint density at radius 3 is 2.44 bits per heavy atom. The molecule has 3 nitrogen and oxygen atoms in total. The summed E-state index contributed by atoms with van der Waals surface area (Å²) in [7, 11) is 1.67. The van der Waals surface area contributed by atoms with Crippen molar-refractivity contribution in [3.8, 4) is 5.75 Å². The van der Waals surface area contributed by atoms with Crippen molar-refractivity contribution < 1.29 is 14.3 Å². The van der Waals surface area contributed by atoms with Gasteiger partial charge in [-0.25, -0.2) is 0 Å². The number of carbonyl (C=O) groups excluding carboxylic acids is 1. The number of benzene rings is 2. The standard InChI is InChI=1S/C24H30O3/c1-15(16-6-7-18-13-20(26-5)9-8-17(18)12-16)22(25)27-21-14-19-10-11-24(21,4)23(19,2)3/h6-9,12-13,15,19,21H,10-11,14H2,1-5H3/t15?,19?,21-,24?/m1/s1. The molecule has 144 valence electrons. The van der Waals surface area contributed by atoms with E-state index in [9.17, 15) is 4.79 Å². The summed E-state index contributed by atoms with van der Waals surface area (Å²) in [5, 5.41) is 2.22. The Hall–Kier alpha value is -2.03. The van der Waals surface area contributed by atoms with Crippen LogP contribution < -0.4 is 4.74 Å². The van der Waals surface area contributed by atoms with Crippen LogP contribution in [0.15, 0.2) is 36.4 Å². The van der Waals surface area contributed by atoms with Crippen LogP contribution in [-0.4, -0.2) is 19.2 Å². The molecule has 0 heterocycles. The first-order chi connectivity index (χ1) is 12.8. The van der Waals surface area contributed by atoms with E-state index < -0.39 is 0 Å². The SMILES string of the molecule is COc1ccc2cc(C(C)C(=O)O[C@@H]3CC4CCC3(C)C4(C)C)ccc2c1. The number of ether oxygens (including phenoxy) is 2. The average molecular weight is 367 g/mol.